The Kier molecular flexibility index (Phi) is 5.86. The molecule has 4 nitrogen and oxygen atoms in total. The van der Waals surface area contributed by atoms with Gasteiger partial charge in [-0.15, -0.1) is 0 Å². The number of thiazole rings is 1. The molecule has 0 unspecified atom stereocenters. The molecule has 5 heteroatoms. The first-order chi connectivity index (χ1) is 11.7. The molecule has 24 heavy (non-hydrogen) atoms. The summed E-state index contributed by atoms with van der Waals surface area (Å²) in [6.45, 7) is 2.73. The van der Waals surface area contributed by atoms with Gasteiger partial charge in [0.1, 0.15) is 4.88 Å². The van der Waals surface area contributed by atoms with Gasteiger partial charge in [0.2, 0.25) is 0 Å². The number of hydrogen-bond acceptors (Lipinski definition) is 4. The Hall–Kier alpha value is -1.88. The lowest BCUT2D eigenvalue weighted by Crippen LogP contribution is -2.36. The average Bonchev–Trinajstić information content (AvgIpc) is 2.97. The second kappa shape index (κ2) is 8.29. The lowest BCUT2D eigenvalue weighted by molar-refractivity contribution is 0.0931. The first-order valence-corrected chi connectivity index (χ1v) is 9.60. The van der Waals surface area contributed by atoms with Crippen LogP contribution in [0.25, 0.3) is 0 Å². The van der Waals surface area contributed by atoms with Gasteiger partial charge in [-0.05, 0) is 31.7 Å². The second-order valence-corrected chi connectivity index (χ2v) is 7.40. The van der Waals surface area contributed by atoms with Crippen molar-refractivity contribution in [2.24, 2.45) is 0 Å². The van der Waals surface area contributed by atoms with Crippen molar-refractivity contribution in [3.05, 3.63) is 46.5 Å². The summed E-state index contributed by atoms with van der Waals surface area (Å²) < 4.78 is 0. The van der Waals surface area contributed by atoms with Gasteiger partial charge < -0.3 is 10.6 Å². The molecule has 0 aliphatic heterocycles. The van der Waals surface area contributed by atoms with E-state index in [2.05, 4.69) is 39.9 Å². The van der Waals surface area contributed by atoms with E-state index in [1.165, 1.54) is 36.2 Å². The van der Waals surface area contributed by atoms with Crippen LogP contribution in [0.2, 0.25) is 0 Å². The summed E-state index contributed by atoms with van der Waals surface area (Å²) in [4.78, 5) is 17.7. The largest absolute Gasteiger partial charge is 0.361 e. The zero-order valence-corrected chi connectivity index (χ0v) is 15.0. The summed E-state index contributed by atoms with van der Waals surface area (Å²) in [6.07, 6.45) is 6.89. The summed E-state index contributed by atoms with van der Waals surface area (Å²) in [6, 6.07) is 10.7. The third-order valence-corrected chi connectivity index (χ3v) is 5.59. The number of amides is 1. The highest BCUT2D eigenvalue weighted by atomic mass is 32.1. The Morgan fingerprint density at radius 2 is 1.96 bits per heavy atom. The topological polar surface area (TPSA) is 54.0 Å². The zero-order chi connectivity index (χ0) is 16.8. The van der Waals surface area contributed by atoms with Crippen molar-refractivity contribution >= 4 is 22.4 Å². The van der Waals surface area contributed by atoms with Gasteiger partial charge in [-0.25, -0.2) is 4.98 Å². The number of rotatable bonds is 6. The molecule has 1 aromatic heterocycles. The van der Waals surface area contributed by atoms with Gasteiger partial charge in [-0.1, -0.05) is 60.9 Å². The predicted molar refractivity (Wildman–Crippen MR) is 99.8 cm³/mol. The standard InChI is InChI=1S/C19H25N3OS/c1-14-17(18(23)22-16-10-6-3-7-11-16)24-19(21-14)20-13-12-15-8-4-2-5-9-15/h2,4-5,8-9,16H,3,6-7,10-13H2,1H3,(H,20,21)(H,22,23). The molecule has 2 N–H and O–H groups in total. The maximum atomic E-state index is 12.5. The minimum absolute atomic E-state index is 0.0352. The van der Waals surface area contributed by atoms with Crippen LogP contribution >= 0.6 is 11.3 Å². The number of benzene rings is 1. The van der Waals surface area contributed by atoms with Crippen molar-refractivity contribution in [1.82, 2.24) is 10.3 Å². The molecule has 0 radical (unpaired) electrons. The number of nitrogens with zero attached hydrogens (tertiary/aromatic N) is 1. The molecule has 0 atom stereocenters. The Morgan fingerprint density at radius 1 is 1.21 bits per heavy atom. The van der Waals surface area contributed by atoms with E-state index in [-0.39, 0.29) is 5.91 Å². The minimum Gasteiger partial charge on any atom is -0.361 e. The van der Waals surface area contributed by atoms with Crippen LogP contribution in [0.4, 0.5) is 5.13 Å². The highest BCUT2D eigenvalue weighted by Gasteiger charge is 2.20. The smallest absolute Gasteiger partial charge is 0.263 e. The van der Waals surface area contributed by atoms with Gasteiger partial charge >= 0.3 is 0 Å². The van der Waals surface area contributed by atoms with Crippen LogP contribution in [-0.2, 0) is 6.42 Å². The molecule has 1 aliphatic carbocycles. The fourth-order valence-electron chi connectivity index (χ4n) is 3.14. The van der Waals surface area contributed by atoms with Crippen LogP contribution in [0.15, 0.2) is 30.3 Å². The van der Waals surface area contributed by atoms with Gasteiger partial charge in [0, 0.05) is 12.6 Å². The number of carbonyl (C=O) groups excluding carboxylic acids is 1. The molecule has 2 aromatic rings. The summed E-state index contributed by atoms with van der Waals surface area (Å²) in [7, 11) is 0. The van der Waals surface area contributed by atoms with E-state index in [1.807, 2.05) is 13.0 Å². The number of aromatic nitrogens is 1. The second-order valence-electron chi connectivity index (χ2n) is 6.40. The third-order valence-electron chi connectivity index (χ3n) is 4.48. The molecule has 1 saturated carbocycles. The maximum Gasteiger partial charge on any atom is 0.263 e. The fraction of sp³-hybridized carbons (Fsp3) is 0.474. The molecule has 1 fully saturated rings. The molecule has 1 amide bonds. The molecule has 1 heterocycles. The Bertz CT molecular complexity index is 663. The van der Waals surface area contributed by atoms with Crippen LogP contribution < -0.4 is 10.6 Å². The van der Waals surface area contributed by atoms with Crippen LogP contribution in [-0.4, -0.2) is 23.5 Å². The van der Waals surface area contributed by atoms with Crippen molar-refractivity contribution < 1.29 is 4.79 Å². The normalized spacial score (nSPS) is 15.2. The van der Waals surface area contributed by atoms with Crippen molar-refractivity contribution in [2.45, 2.75) is 51.5 Å². The van der Waals surface area contributed by atoms with E-state index in [1.54, 1.807) is 0 Å². The highest BCUT2D eigenvalue weighted by molar-refractivity contribution is 7.17. The first-order valence-electron chi connectivity index (χ1n) is 8.78. The van der Waals surface area contributed by atoms with Crippen LogP contribution in [0, 0.1) is 6.92 Å². The molecule has 1 aromatic carbocycles. The number of nitrogens with one attached hydrogen (secondary N) is 2. The monoisotopic (exact) mass is 343 g/mol. The van der Waals surface area contributed by atoms with Gasteiger partial charge in [0.05, 0.1) is 5.69 Å². The van der Waals surface area contributed by atoms with Crippen LogP contribution in [0.5, 0.6) is 0 Å². The van der Waals surface area contributed by atoms with Gasteiger partial charge in [0.25, 0.3) is 5.91 Å². The van der Waals surface area contributed by atoms with E-state index >= 15 is 0 Å². The number of aryl methyl sites for hydroxylation is 1. The van der Waals surface area contributed by atoms with Crippen molar-refractivity contribution in [1.29, 1.82) is 0 Å². The lowest BCUT2D eigenvalue weighted by Gasteiger charge is -2.22. The number of anilines is 1. The quantitative estimate of drug-likeness (QED) is 0.828. The fourth-order valence-corrected chi connectivity index (χ4v) is 4.03. The average molecular weight is 343 g/mol. The van der Waals surface area contributed by atoms with E-state index < -0.39 is 0 Å². The summed E-state index contributed by atoms with van der Waals surface area (Å²) in [5.74, 6) is 0.0352. The Morgan fingerprint density at radius 3 is 2.71 bits per heavy atom. The molecule has 0 saturated heterocycles. The van der Waals surface area contributed by atoms with Crippen LogP contribution in [0.3, 0.4) is 0 Å². The Balaban J connectivity index is 1.53. The first kappa shape index (κ1) is 17.0. The zero-order valence-electron chi connectivity index (χ0n) is 14.2. The SMILES string of the molecule is Cc1nc(NCCc2ccccc2)sc1C(=O)NC1CCCCC1. The summed E-state index contributed by atoms with van der Waals surface area (Å²) >= 11 is 1.46. The van der Waals surface area contributed by atoms with E-state index in [4.69, 9.17) is 0 Å². The van der Waals surface area contributed by atoms with Crippen LogP contribution in [0.1, 0.15) is 53.0 Å². The van der Waals surface area contributed by atoms with E-state index in [9.17, 15) is 4.79 Å². The van der Waals surface area contributed by atoms with Gasteiger partial charge in [-0.3, -0.25) is 4.79 Å². The van der Waals surface area contributed by atoms with Gasteiger partial charge in [-0.2, -0.15) is 0 Å². The number of carbonyl (C=O) groups is 1. The predicted octanol–water partition coefficient (Wildman–Crippen LogP) is 4.17. The van der Waals surface area contributed by atoms with E-state index in [0.29, 0.717) is 6.04 Å². The van der Waals surface area contributed by atoms with Crippen molar-refractivity contribution in [2.75, 3.05) is 11.9 Å². The van der Waals surface area contributed by atoms with Crippen molar-refractivity contribution in [3.8, 4) is 0 Å². The number of hydrogen-bond donors (Lipinski definition) is 2. The minimum atomic E-state index is 0.0352. The molecule has 0 bridgehead atoms. The van der Waals surface area contributed by atoms with Gasteiger partial charge in [0.15, 0.2) is 5.13 Å². The maximum absolute atomic E-state index is 12.5. The molecule has 1 aliphatic rings. The summed E-state index contributed by atoms with van der Waals surface area (Å²) in [5, 5.41) is 7.35. The van der Waals surface area contributed by atoms with E-state index in [0.717, 1.165) is 41.5 Å². The molecule has 0 spiro atoms. The molecule has 3 rings (SSSR count). The Labute approximate surface area is 147 Å². The molecule has 128 valence electrons. The lowest BCUT2D eigenvalue weighted by atomic mass is 9.95. The molecular formula is C19H25N3OS. The molecular weight excluding hydrogens is 318 g/mol. The highest BCUT2D eigenvalue weighted by Crippen LogP contribution is 2.24. The summed E-state index contributed by atoms with van der Waals surface area (Å²) in [5.41, 5.74) is 2.11. The third kappa shape index (κ3) is 4.57. The van der Waals surface area contributed by atoms with Crippen molar-refractivity contribution in [3.63, 3.8) is 0 Å².